The fourth-order valence-electron chi connectivity index (χ4n) is 11.9. The predicted octanol–water partition coefficient (Wildman–Crippen LogP) is 6.52. The normalized spacial score (nSPS) is 40.3. The number of hydrogen-bond acceptors (Lipinski definition) is 4. The molecule has 0 saturated heterocycles. The van der Waals surface area contributed by atoms with E-state index in [4.69, 9.17) is 9.47 Å². The van der Waals surface area contributed by atoms with Crippen LogP contribution in [0.3, 0.4) is 0 Å². The van der Waals surface area contributed by atoms with Crippen molar-refractivity contribution in [1.82, 2.24) is 0 Å². The second kappa shape index (κ2) is 8.86. The van der Waals surface area contributed by atoms with Gasteiger partial charge in [0.25, 0.3) is 0 Å². The Morgan fingerprint density at radius 1 is 0.553 bits per heavy atom. The summed E-state index contributed by atoms with van der Waals surface area (Å²) in [6.07, 6.45) is 16.4. The maximum absolute atomic E-state index is 9.93. The standard InChI is InChI=1S/C34H44O4/c35-5-7-37-31-28-4-2-1-3-27(28)29(33-15-21-9-22(16-33)11-23(10-21)17-33)30(32(31)38-8-6-36)34-18-24-12-25(19-34)14-26(13-24)20-34/h1-4,21-26,35-36H,5-20H2. The lowest BCUT2D eigenvalue weighted by atomic mass is 9.43. The molecule has 8 fully saturated rings. The molecular formula is C34H44O4. The average molecular weight is 517 g/mol. The van der Waals surface area contributed by atoms with Crippen molar-refractivity contribution in [3.05, 3.63) is 35.4 Å². The maximum Gasteiger partial charge on any atom is 0.169 e. The van der Waals surface area contributed by atoms with Crippen molar-refractivity contribution in [2.24, 2.45) is 35.5 Å². The Balaban J connectivity index is 1.43. The van der Waals surface area contributed by atoms with Crippen LogP contribution in [0.25, 0.3) is 10.8 Å². The van der Waals surface area contributed by atoms with Gasteiger partial charge in [0.05, 0.1) is 13.2 Å². The van der Waals surface area contributed by atoms with E-state index in [0.29, 0.717) is 0 Å². The van der Waals surface area contributed by atoms with Crippen LogP contribution in [0, 0.1) is 35.5 Å². The Bertz CT molecular complexity index is 1160. The molecule has 0 radical (unpaired) electrons. The van der Waals surface area contributed by atoms with Gasteiger partial charge in [-0.1, -0.05) is 24.3 Å². The summed E-state index contributed by atoms with van der Waals surface area (Å²) in [7, 11) is 0. The molecule has 8 saturated carbocycles. The molecule has 2 aromatic carbocycles. The minimum absolute atomic E-state index is 0.000714. The lowest BCUT2D eigenvalue weighted by Gasteiger charge is -2.61. The fourth-order valence-corrected chi connectivity index (χ4v) is 11.9. The third-order valence-electron chi connectivity index (χ3n) is 11.9. The monoisotopic (exact) mass is 516 g/mol. The van der Waals surface area contributed by atoms with Crippen molar-refractivity contribution in [3.63, 3.8) is 0 Å². The fraction of sp³-hybridized carbons (Fsp3) is 0.706. The number of rotatable bonds is 8. The molecule has 8 aliphatic carbocycles. The third-order valence-corrected chi connectivity index (χ3v) is 11.9. The summed E-state index contributed by atoms with van der Waals surface area (Å²) >= 11 is 0. The van der Waals surface area contributed by atoms with Crippen LogP contribution in [0.2, 0.25) is 0 Å². The van der Waals surface area contributed by atoms with Crippen molar-refractivity contribution in [2.45, 2.75) is 87.9 Å². The highest BCUT2D eigenvalue weighted by Crippen LogP contribution is 2.68. The molecule has 0 amide bonds. The van der Waals surface area contributed by atoms with Gasteiger partial charge in [-0.2, -0.15) is 0 Å². The third kappa shape index (κ3) is 3.54. The topological polar surface area (TPSA) is 58.9 Å². The Labute approximate surface area is 227 Å². The maximum atomic E-state index is 9.93. The van der Waals surface area contributed by atoms with Gasteiger partial charge >= 0.3 is 0 Å². The first kappa shape index (κ1) is 24.1. The zero-order valence-electron chi connectivity index (χ0n) is 22.8. The molecule has 4 nitrogen and oxygen atoms in total. The molecule has 0 spiro atoms. The molecule has 204 valence electrons. The van der Waals surface area contributed by atoms with Gasteiger partial charge in [-0.15, -0.1) is 0 Å². The second-order valence-electron chi connectivity index (χ2n) is 14.5. The van der Waals surface area contributed by atoms with Gasteiger partial charge < -0.3 is 19.7 Å². The zero-order chi connectivity index (χ0) is 25.5. The van der Waals surface area contributed by atoms with Crippen LogP contribution in [0.1, 0.15) is 88.2 Å². The molecule has 8 bridgehead atoms. The van der Waals surface area contributed by atoms with E-state index in [1.54, 1.807) is 5.56 Å². The van der Waals surface area contributed by atoms with Crippen LogP contribution >= 0.6 is 0 Å². The molecule has 10 rings (SSSR count). The molecule has 0 aliphatic heterocycles. The van der Waals surface area contributed by atoms with Gasteiger partial charge in [0.2, 0.25) is 0 Å². The van der Waals surface area contributed by atoms with E-state index >= 15 is 0 Å². The molecule has 4 heteroatoms. The predicted molar refractivity (Wildman–Crippen MR) is 149 cm³/mol. The first-order chi connectivity index (χ1) is 18.6. The highest BCUT2D eigenvalue weighted by Gasteiger charge is 2.58. The Kier molecular flexibility index (Phi) is 5.61. The van der Waals surface area contributed by atoms with Crippen molar-refractivity contribution in [3.8, 4) is 11.5 Å². The molecule has 0 unspecified atom stereocenters. The molecule has 38 heavy (non-hydrogen) atoms. The number of fused-ring (bicyclic) bond motifs is 1. The van der Waals surface area contributed by atoms with E-state index in [1.807, 2.05) is 0 Å². The van der Waals surface area contributed by atoms with Gasteiger partial charge in [-0.3, -0.25) is 0 Å². The highest BCUT2D eigenvalue weighted by molar-refractivity contribution is 5.96. The van der Waals surface area contributed by atoms with Crippen LogP contribution in [0.5, 0.6) is 11.5 Å². The lowest BCUT2D eigenvalue weighted by Crippen LogP contribution is -2.52. The van der Waals surface area contributed by atoms with Gasteiger partial charge in [0, 0.05) is 16.4 Å². The van der Waals surface area contributed by atoms with E-state index in [0.717, 1.165) is 52.4 Å². The van der Waals surface area contributed by atoms with Crippen LogP contribution in [-0.2, 0) is 10.8 Å². The van der Waals surface area contributed by atoms with E-state index in [9.17, 15) is 10.2 Å². The molecule has 0 aromatic heterocycles. The Hall–Kier alpha value is -1.78. The summed E-state index contributed by atoms with van der Waals surface area (Å²) in [4.78, 5) is 0. The number of hydrogen-bond donors (Lipinski definition) is 2. The summed E-state index contributed by atoms with van der Waals surface area (Å²) in [6, 6.07) is 8.92. The van der Waals surface area contributed by atoms with Crippen molar-refractivity contribution in [2.75, 3.05) is 26.4 Å². The minimum Gasteiger partial charge on any atom is -0.487 e. The number of aliphatic hydroxyl groups excluding tert-OH is 2. The van der Waals surface area contributed by atoms with Crippen LogP contribution in [0.4, 0.5) is 0 Å². The summed E-state index contributed by atoms with van der Waals surface area (Å²) in [5.74, 6) is 6.85. The largest absolute Gasteiger partial charge is 0.487 e. The zero-order valence-corrected chi connectivity index (χ0v) is 22.8. The summed E-state index contributed by atoms with van der Waals surface area (Å²) < 4.78 is 13.1. The molecule has 0 heterocycles. The van der Waals surface area contributed by atoms with Crippen LogP contribution < -0.4 is 9.47 Å². The smallest absolute Gasteiger partial charge is 0.169 e. The molecular weight excluding hydrogens is 472 g/mol. The minimum atomic E-state index is -0.0167. The van der Waals surface area contributed by atoms with E-state index < -0.39 is 0 Å². The SMILES string of the molecule is OCCOc1c(C23CC4CC(CC(C4)C2)C3)c(C23CC4CC(CC(C4)C2)C3)c2ccccc2c1OCCO. The van der Waals surface area contributed by atoms with Gasteiger partial charge in [-0.05, 0) is 129 Å². The van der Waals surface area contributed by atoms with Gasteiger partial charge in [0.1, 0.15) is 13.2 Å². The van der Waals surface area contributed by atoms with E-state index in [2.05, 4.69) is 24.3 Å². The number of ether oxygens (including phenoxy) is 2. The van der Waals surface area contributed by atoms with Crippen molar-refractivity contribution < 1.29 is 19.7 Å². The van der Waals surface area contributed by atoms with Gasteiger partial charge in [0.15, 0.2) is 11.5 Å². The lowest BCUT2D eigenvalue weighted by molar-refractivity contribution is -0.0181. The molecule has 2 aromatic rings. The second-order valence-corrected chi connectivity index (χ2v) is 14.5. The Morgan fingerprint density at radius 3 is 1.39 bits per heavy atom. The highest BCUT2D eigenvalue weighted by atomic mass is 16.5. The van der Waals surface area contributed by atoms with Crippen molar-refractivity contribution in [1.29, 1.82) is 0 Å². The van der Waals surface area contributed by atoms with Crippen LogP contribution in [-0.4, -0.2) is 36.6 Å². The summed E-state index contributed by atoms with van der Waals surface area (Å²) in [5, 5.41) is 22.2. The first-order valence-corrected chi connectivity index (χ1v) is 15.7. The first-order valence-electron chi connectivity index (χ1n) is 15.7. The van der Waals surface area contributed by atoms with Crippen molar-refractivity contribution >= 4 is 10.8 Å². The molecule has 8 aliphatic rings. The van der Waals surface area contributed by atoms with Crippen LogP contribution in [0.15, 0.2) is 24.3 Å². The summed E-state index contributed by atoms with van der Waals surface area (Å²) in [5.41, 5.74) is 3.50. The van der Waals surface area contributed by atoms with E-state index in [-0.39, 0.29) is 37.3 Å². The summed E-state index contributed by atoms with van der Waals surface area (Å²) in [6.45, 7) is 0.528. The van der Waals surface area contributed by atoms with Gasteiger partial charge in [-0.25, -0.2) is 0 Å². The molecule has 2 N–H and O–H groups in total. The average Bonchev–Trinajstić information content (AvgIpc) is 2.88. The number of aliphatic hydroxyl groups is 2. The van der Waals surface area contributed by atoms with E-state index in [1.165, 1.54) is 88.0 Å². The molecule has 0 atom stereocenters. The Morgan fingerprint density at radius 2 is 0.947 bits per heavy atom. The number of benzene rings is 2. The quantitative estimate of drug-likeness (QED) is 0.420.